The maximum Gasteiger partial charge on any atom is 0.151 e. The van der Waals surface area contributed by atoms with Gasteiger partial charge in [-0.15, -0.1) is 0 Å². The third-order valence-corrected chi connectivity index (χ3v) is 6.05. The maximum absolute atomic E-state index is 6.37. The number of benzene rings is 3. The van der Waals surface area contributed by atoms with Crippen molar-refractivity contribution < 1.29 is 14.2 Å². The highest BCUT2D eigenvalue weighted by atomic mass is 16.5. The number of nitrogens with one attached hydrogen (secondary N) is 1. The zero-order valence-corrected chi connectivity index (χ0v) is 19.1. The Labute approximate surface area is 190 Å². The summed E-state index contributed by atoms with van der Waals surface area (Å²) in [5.74, 6) is 3.38. The zero-order chi connectivity index (χ0) is 22.3. The molecule has 0 radical (unpaired) electrons. The molecule has 1 atom stereocenters. The second-order valence-electron chi connectivity index (χ2n) is 8.15. The van der Waals surface area contributed by atoms with Gasteiger partial charge in [0.2, 0.25) is 0 Å². The molecule has 0 bridgehead atoms. The molecule has 168 valence electrons. The third-order valence-electron chi connectivity index (χ3n) is 6.05. The van der Waals surface area contributed by atoms with E-state index in [-0.39, 0.29) is 0 Å². The molecule has 1 saturated heterocycles. The van der Waals surface area contributed by atoms with E-state index in [4.69, 9.17) is 14.2 Å². The summed E-state index contributed by atoms with van der Waals surface area (Å²) in [4.78, 5) is 2.29. The summed E-state index contributed by atoms with van der Waals surface area (Å²) in [6, 6.07) is 22.6. The quantitative estimate of drug-likeness (QED) is 0.489. The van der Waals surface area contributed by atoms with Crippen molar-refractivity contribution in [1.82, 2.24) is 5.32 Å². The summed E-state index contributed by atoms with van der Waals surface area (Å²) >= 11 is 0. The van der Waals surface area contributed by atoms with Crippen LogP contribution in [-0.4, -0.2) is 34.0 Å². The van der Waals surface area contributed by atoms with Crippen molar-refractivity contribution in [1.29, 1.82) is 0 Å². The first-order chi connectivity index (χ1) is 15.7. The van der Waals surface area contributed by atoms with E-state index >= 15 is 0 Å². The number of hydrogen-bond acceptors (Lipinski definition) is 5. The predicted molar refractivity (Wildman–Crippen MR) is 129 cm³/mol. The molecule has 1 heterocycles. The van der Waals surface area contributed by atoms with Gasteiger partial charge in [-0.3, -0.25) is 5.32 Å². The van der Waals surface area contributed by atoms with Crippen LogP contribution in [0.4, 0.5) is 5.69 Å². The van der Waals surface area contributed by atoms with E-state index in [1.54, 1.807) is 14.2 Å². The van der Waals surface area contributed by atoms with E-state index in [9.17, 15) is 0 Å². The third kappa shape index (κ3) is 5.35. The van der Waals surface area contributed by atoms with Crippen LogP contribution in [0.15, 0.2) is 66.7 Å². The molecule has 5 heteroatoms. The first-order valence-electron chi connectivity index (χ1n) is 11.2. The summed E-state index contributed by atoms with van der Waals surface area (Å²) in [6.45, 7) is 1.06. The van der Waals surface area contributed by atoms with Crippen LogP contribution in [0.3, 0.4) is 0 Å². The molecule has 1 aliphatic rings. The Morgan fingerprint density at radius 2 is 1.41 bits per heavy atom. The van der Waals surface area contributed by atoms with Gasteiger partial charge < -0.3 is 19.1 Å². The molecule has 0 saturated carbocycles. The molecule has 0 aliphatic carbocycles. The molecular weight excluding hydrogens is 400 g/mol. The fourth-order valence-electron chi connectivity index (χ4n) is 4.10. The van der Waals surface area contributed by atoms with Gasteiger partial charge in [-0.2, -0.15) is 0 Å². The van der Waals surface area contributed by atoms with Crippen LogP contribution in [0, 0.1) is 0 Å². The lowest BCUT2D eigenvalue weighted by molar-refractivity contribution is 0.412. The van der Waals surface area contributed by atoms with Crippen LogP contribution in [0.2, 0.25) is 0 Å². The molecule has 0 unspecified atom stereocenters. The Kier molecular flexibility index (Phi) is 7.17. The van der Waals surface area contributed by atoms with Crippen molar-refractivity contribution in [2.75, 3.05) is 32.7 Å². The van der Waals surface area contributed by atoms with Crippen LogP contribution in [0.1, 0.15) is 24.0 Å². The summed E-state index contributed by atoms with van der Waals surface area (Å²) in [6.07, 6.45) is 4.57. The highest BCUT2D eigenvalue weighted by Crippen LogP contribution is 2.35. The first kappa shape index (κ1) is 22.0. The Bertz CT molecular complexity index is 996. The van der Waals surface area contributed by atoms with Crippen LogP contribution in [-0.2, 0) is 12.8 Å². The number of methoxy groups -OCH3 is 2. The number of rotatable bonds is 9. The van der Waals surface area contributed by atoms with E-state index in [0.29, 0.717) is 6.17 Å². The Hall–Kier alpha value is -3.18. The Morgan fingerprint density at radius 3 is 2.03 bits per heavy atom. The molecule has 3 aromatic rings. The topological polar surface area (TPSA) is 43.0 Å². The van der Waals surface area contributed by atoms with Crippen LogP contribution < -0.4 is 24.4 Å². The molecule has 0 aromatic heterocycles. The van der Waals surface area contributed by atoms with E-state index in [1.165, 1.54) is 17.5 Å². The highest BCUT2D eigenvalue weighted by molar-refractivity contribution is 5.61. The second kappa shape index (κ2) is 10.4. The fourth-order valence-corrected chi connectivity index (χ4v) is 4.10. The first-order valence-corrected chi connectivity index (χ1v) is 11.2. The lowest BCUT2D eigenvalue weighted by Crippen LogP contribution is -2.39. The highest BCUT2D eigenvalue weighted by Gasteiger charge is 2.22. The molecule has 0 spiro atoms. The van der Waals surface area contributed by atoms with E-state index in [1.807, 2.05) is 36.4 Å². The molecular formula is C27H32N2O3. The molecule has 0 amide bonds. The summed E-state index contributed by atoms with van der Waals surface area (Å²) in [7, 11) is 5.50. The molecule has 1 aliphatic heterocycles. The van der Waals surface area contributed by atoms with Crippen LogP contribution in [0.5, 0.6) is 23.0 Å². The normalized spacial score (nSPS) is 15.4. The van der Waals surface area contributed by atoms with Gasteiger partial charge >= 0.3 is 0 Å². The van der Waals surface area contributed by atoms with Crippen molar-refractivity contribution >= 4 is 5.69 Å². The van der Waals surface area contributed by atoms with Gasteiger partial charge in [0.05, 0.1) is 26.1 Å². The smallest absolute Gasteiger partial charge is 0.151 e. The average molecular weight is 433 g/mol. The van der Waals surface area contributed by atoms with Crippen molar-refractivity contribution in [3.8, 4) is 23.0 Å². The summed E-state index contributed by atoms with van der Waals surface area (Å²) < 4.78 is 16.9. The average Bonchev–Trinajstić information content (AvgIpc) is 3.38. The van der Waals surface area contributed by atoms with Gasteiger partial charge in [-0.25, -0.2) is 0 Å². The van der Waals surface area contributed by atoms with Gasteiger partial charge in [0.1, 0.15) is 17.2 Å². The molecule has 3 aromatic carbocycles. The number of anilines is 1. The number of hydrogen-bond donors (Lipinski definition) is 1. The minimum Gasteiger partial charge on any atom is -0.497 e. The fraction of sp³-hybridized carbons (Fsp3) is 0.333. The molecule has 1 N–H and O–H groups in total. The molecule has 1 fully saturated rings. The van der Waals surface area contributed by atoms with E-state index in [2.05, 4.69) is 47.6 Å². The lowest BCUT2D eigenvalue weighted by atomic mass is 10.0. The largest absolute Gasteiger partial charge is 0.497 e. The van der Waals surface area contributed by atoms with Crippen molar-refractivity contribution in [3.63, 3.8) is 0 Å². The van der Waals surface area contributed by atoms with E-state index < -0.39 is 0 Å². The lowest BCUT2D eigenvalue weighted by Gasteiger charge is -2.29. The minimum atomic E-state index is 0.332. The van der Waals surface area contributed by atoms with Crippen molar-refractivity contribution in [2.24, 2.45) is 0 Å². The SMILES string of the molecule is COc1ccc(CCc2ccc(N(C)[C@H]3CCCN3)c(Oc3ccc(OC)cc3)c2)cc1. The number of ether oxygens (including phenoxy) is 3. The van der Waals surface area contributed by atoms with Crippen LogP contribution in [0.25, 0.3) is 0 Å². The number of aryl methyl sites for hydroxylation is 2. The standard InChI is InChI=1S/C27H32N2O3/c1-29(27-5-4-18-28-27)25-17-10-21(7-6-20-8-11-22(30-2)12-9-20)19-26(25)32-24-15-13-23(31-3)14-16-24/h8-17,19,27-28H,4-7,18H2,1-3H3/t27-/m0/s1. The number of nitrogens with zero attached hydrogens (tertiary/aromatic N) is 1. The Morgan fingerprint density at radius 1 is 0.812 bits per heavy atom. The Balaban J connectivity index is 1.55. The summed E-state index contributed by atoms with van der Waals surface area (Å²) in [5.41, 5.74) is 3.63. The molecule has 5 nitrogen and oxygen atoms in total. The van der Waals surface area contributed by atoms with Gasteiger partial charge in [-0.05, 0) is 91.9 Å². The van der Waals surface area contributed by atoms with Gasteiger partial charge in [0, 0.05) is 7.05 Å². The second-order valence-corrected chi connectivity index (χ2v) is 8.15. The van der Waals surface area contributed by atoms with Crippen molar-refractivity contribution in [2.45, 2.75) is 31.8 Å². The molecule has 32 heavy (non-hydrogen) atoms. The van der Waals surface area contributed by atoms with Gasteiger partial charge in [0.25, 0.3) is 0 Å². The molecule has 4 rings (SSSR count). The zero-order valence-electron chi connectivity index (χ0n) is 19.1. The predicted octanol–water partition coefficient (Wildman–Crippen LogP) is 5.43. The summed E-state index contributed by atoms with van der Waals surface area (Å²) in [5, 5.41) is 3.58. The maximum atomic E-state index is 6.37. The van der Waals surface area contributed by atoms with E-state index in [0.717, 1.165) is 54.5 Å². The van der Waals surface area contributed by atoms with Gasteiger partial charge in [0.15, 0.2) is 5.75 Å². The minimum absolute atomic E-state index is 0.332. The van der Waals surface area contributed by atoms with Crippen LogP contribution >= 0.6 is 0 Å². The van der Waals surface area contributed by atoms with Crippen molar-refractivity contribution in [3.05, 3.63) is 77.9 Å². The monoisotopic (exact) mass is 432 g/mol. The van der Waals surface area contributed by atoms with Gasteiger partial charge in [-0.1, -0.05) is 18.2 Å².